The second-order valence-corrected chi connectivity index (χ2v) is 3.77. The van der Waals surface area contributed by atoms with Crippen LogP contribution in [0.15, 0.2) is 24.4 Å². The van der Waals surface area contributed by atoms with E-state index in [9.17, 15) is 0 Å². The SMILES string of the molecule is CCCCOc1cc(OC)c2[nH]ccc2c1. The normalized spacial score (nSPS) is 10.6. The highest BCUT2D eigenvalue weighted by Crippen LogP contribution is 2.30. The number of rotatable bonds is 5. The number of ether oxygens (including phenoxy) is 2. The first kappa shape index (κ1) is 10.9. The summed E-state index contributed by atoms with van der Waals surface area (Å²) in [4.78, 5) is 3.15. The van der Waals surface area contributed by atoms with Gasteiger partial charge in [0.05, 0.1) is 19.2 Å². The molecule has 0 aliphatic carbocycles. The molecule has 0 saturated heterocycles. The molecule has 0 spiro atoms. The van der Waals surface area contributed by atoms with Crippen LogP contribution in [-0.4, -0.2) is 18.7 Å². The lowest BCUT2D eigenvalue weighted by molar-refractivity contribution is 0.307. The topological polar surface area (TPSA) is 34.2 Å². The number of H-pyrrole nitrogens is 1. The molecule has 0 atom stereocenters. The molecule has 16 heavy (non-hydrogen) atoms. The van der Waals surface area contributed by atoms with Gasteiger partial charge in [0.2, 0.25) is 0 Å². The quantitative estimate of drug-likeness (QED) is 0.782. The van der Waals surface area contributed by atoms with Gasteiger partial charge in [0, 0.05) is 17.6 Å². The average molecular weight is 219 g/mol. The van der Waals surface area contributed by atoms with Crippen molar-refractivity contribution in [3.05, 3.63) is 24.4 Å². The predicted octanol–water partition coefficient (Wildman–Crippen LogP) is 3.36. The number of benzene rings is 1. The number of methoxy groups -OCH3 is 1. The predicted molar refractivity (Wildman–Crippen MR) is 65.3 cm³/mol. The Kier molecular flexibility index (Phi) is 3.34. The van der Waals surface area contributed by atoms with Crippen LogP contribution >= 0.6 is 0 Å². The first-order chi connectivity index (χ1) is 7.85. The zero-order valence-corrected chi connectivity index (χ0v) is 9.75. The number of fused-ring (bicyclic) bond motifs is 1. The molecule has 3 heteroatoms. The van der Waals surface area contributed by atoms with E-state index in [0.717, 1.165) is 41.9 Å². The van der Waals surface area contributed by atoms with E-state index in [1.165, 1.54) is 0 Å². The van der Waals surface area contributed by atoms with Crippen molar-refractivity contribution in [2.24, 2.45) is 0 Å². The van der Waals surface area contributed by atoms with Gasteiger partial charge >= 0.3 is 0 Å². The second kappa shape index (κ2) is 4.92. The van der Waals surface area contributed by atoms with Gasteiger partial charge in [0.15, 0.2) is 0 Å². The molecule has 1 N–H and O–H groups in total. The molecule has 0 unspecified atom stereocenters. The first-order valence-electron chi connectivity index (χ1n) is 5.63. The van der Waals surface area contributed by atoms with E-state index in [4.69, 9.17) is 9.47 Å². The van der Waals surface area contributed by atoms with Crippen LogP contribution in [0.4, 0.5) is 0 Å². The van der Waals surface area contributed by atoms with Crippen molar-refractivity contribution in [1.29, 1.82) is 0 Å². The summed E-state index contributed by atoms with van der Waals surface area (Å²) in [7, 11) is 1.67. The summed E-state index contributed by atoms with van der Waals surface area (Å²) in [6, 6.07) is 5.98. The highest BCUT2D eigenvalue weighted by molar-refractivity contribution is 5.86. The van der Waals surface area contributed by atoms with Gasteiger partial charge in [-0.15, -0.1) is 0 Å². The fraction of sp³-hybridized carbons (Fsp3) is 0.385. The van der Waals surface area contributed by atoms with Crippen LogP contribution in [0.5, 0.6) is 11.5 Å². The summed E-state index contributed by atoms with van der Waals surface area (Å²) >= 11 is 0. The largest absolute Gasteiger partial charge is 0.494 e. The molecule has 0 amide bonds. The van der Waals surface area contributed by atoms with E-state index in [1.807, 2.05) is 24.4 Å². The maximum absolute atomic E-state index is 5.67. The van der Waals surface area contributed by atoms with Crippen molar-refractivity contribution >= 4 is 10.9 Å². The van der Waals surface area contributed by atoms with Crippen LogP contribution < -0.4 is 9.47 Å². The maximum atomic E-state index is 5.67. The minimum absolute atomic E-state index is 0.760. The summed E-state index contributed by atoms with van der Waals surface area (Å²) in [6.45, 7) is 2.91. The van der Waals surface area contributed by atoms with Crippen molar-refractivity contribution in [2.45, 2.75) is 19.8 Å². The van der Waals surface area contributed by atoms with E-state index in [0.29, 0.717) is 0 Å². The molecule has 0 bridgehead atoms. The van der Waals surface area contributed by atoms with Crippen LogP contribution in [0.1, 0.15) is 19.8 Å². The number of unbranched alkanes of at least 4 members (excludes halogenated alkanes) is 1. The van der Waals surface area contributed by atoms with Gasteiger partial charge in [-0.25, -0.2) is 0 Å². The Hall–Kier alpha value is -1.64. The number of aromatic amines is 1. The maximum Gasteiger partial charge on any atom is 0.146 e. The van der Waals surface area contributed by atoms with Crippen LogP contribution in [-0.2, 0) is 0 Å². The Morgan fingerprint density at radius 1 is 1.31 bits per heavy atom. The third-order valence-electron chi connectivity index (χ3n) is 2.58. The van der Waals surface area contributed by atoms with Gasteiger partial charge in [0.1, 0.15) is 11.5 Å². The van der Waals surface area contributed by atoms with Gasteiger partial charge < -0.3 is 14.5 Å². The molecular formula is C13H17NO2. The number of hydrogen-bond acceptors (Lipinski definition) is 2. The zero-order chi connectivity index (χ0) is 11.4. The monoisotopic (exact) mass is 219 g/mol. The van der Waals surface area contributed by atoms with Gasteiger partial charge in [0.25, 0.3) is 0 Å². The Bertz CT molecular complexity index is 462. The molecular weight excluding hydrogens is 202 g/mol. The highest BCUT2D eigenvalue weighted by atomic mass is 16.5. The molecule has 1 aromatic heterocycles. The molecule has 1 aromatic carbocycles. The summed E-state index contributed by atoms with van der Waals surface area (Å²) in [6.07, 6.45) is 4.13. The van der Waals surface area contributed by atoms with E-state index >= 15 is 0 Å². The minimum Gasteiger partial charge on any atom is -0.494 e. The van der Waals surface area contributed by atoms with Crippen molar-refractivity contribution in [2.75, 3.05) is 13.7 Å². The summed E-state index contributed by atoms with van der Waals surface area (Å²) in [5, 5.41) is 1.12. The van der Waals surface area contributed by atoms with Crippen LogP contribution in [0.25, 0.3) is 10.9 Å². The molecule has 0 saturated carbocycles. The van der Waals surface area contributed by atoms with Crippen molar-refractivity contribution in [1.82, 2.24) is 4.98 Å². The Balaban J connectivity index is 2.25. The average Bonchev–Trinajstić information content (AvgIpc) is 2.76. The van der Waals surface area contributed by atoms with E-state index in [-0.39, 0.29) is 0 Å². The zero-order valence-electron chi connectivity index (χ0n) is 9.75. The molecule has 0 radical (unpaired) electrons. The molecule has 2 rings (SSSR count). The lowest BCUT2D eigenvalue weighted by Gasteiger charge is -2.08. The second-order valence-electron chi connectivity index (χ2n) is 3.77. The van der Waals surface area contributed by atoms with Crippen molar-refractivity contribution < 1.29 is 9.47 Å². The third-order valence-corrected chi connectivity index (χ3v) is 2.58. The van der Waals surface area contributed by atoms with Crippen LogP contribution in [0.2, 0.25) is 0 Å². The standard InChI is InChI=1S/C13H17NO2/c1-3-4-7-16-11-8-10-5-6-14-13(10)12(9-11)15-2/h5-6,8-9,14H,3-4,7H2,1-2H3. The summed E-state index contributed by atoms with van der Waals surface area (Å²) < 4.78 is 11.0. The van der Waals surface area contributed by atoms with Crippen molar-refractivity contribution in [3.8, 4) is 11.5 Å². The number of hydrogen-bond donors (Lipinski definition) is 1. The van der Waals surface area contributed by atoms with Crippen LogP contribution in [0.3, 0.4) is 0 Å². The highest BCUT2D eigenvalue weighted by Gasteiger charge is 2.05. The van der Waals surface area contributed by atoms with Gasteiger partial charge in [-0.1, -0.05) is 13.3 Å². The molecule has 1 heterocycles. The number of nitrogens with one attached hydrogen (secondary N) is 1. The summed E-state index contributed by atoms with van der Waals surface area (Å²) in [5.41, 5.74) is 1.02. The summed E-state index contributed by atoms with van der Waals surface area (Å²) in [5.74, 6) is 1.70. The Morgan fingerprint density at radius 2 is 2.19 bits per heavy atom. The van der Waals surface area contributed by atoms with Gasteiger partial charge in [-0.3, -0.25) is 0 Å². The Labute approximate surface area is 95.4 Å². The van der Waals surface area contributed by atoms with E-state index in [2.05, 4.69) is 11.9 Å². The number of aromatic nitrogens is 1. The Morgan fingerprint density at radius 3 is 2.94 bits per heavy atom. The smallest absolute Gasteiger partial charge is 0.146 e. The lowest BCUT2D eigenvalue weighted by atomic mass is 10.2. The van der Waals surface area contributed by atoms with E-state index < -0.39 is 0 Å². The van der Waals surface area contributed by atoms with Crippen LogP contribution in [0, 0.1) is 0 Å². The lowest BCUT2D eigenvalue weighted by Crippen LogP contribution is -1.97. The van der Waals surface area contributed by atoms with Gasteiger partial charge in [-0.05, 0) is 18.6 Å². The fourth-order valence-electron chi connectivity index (χ4n) is 1.69. The molecule has 0 fully saturated rings. The van der Waals surface area contributed by atoms with E-state index in [1.54, 1.807) is 7.11 Å². The van der Waals surface area contributed by atoms with Gasteiger partial charge in [-0.2, -0.15) is 0 Å². The minimum atomic E-state index is 0.760. The first-order valence-corrected chi connectivity index (χ1v) is 5.63. The fourth-order valence-corrected chi connectivity index (χ4v) is 1.69. The molecule has 86 valence electrons. The molecule has 2 aromatic rings. The molecule has 0 aliphatic rings. The molecule has 3 nitrogen and oxygen atoms in total. The molecule has 0 aliphatic heterocycles. The van der Waals surface area contributed by atoms with Crippen molar-refractivity contribution in [3.63, 3.8) is 0 Å². The third kappa shape index (κ3) is 2.13.